The molecule has 1 aliphatic carbocycles. The van der Waals surface area contributed by atoms with Gasteiger partial charge >= 0.3 is 0 Å². The Morgan fingerprint density at radius 3 is 1.94 bits per heavy atom. The summed E-state index contributed by atoms with van der Waals surface area (Å²) in [6.45, 7) is 11.5. The normalized spacial score (nSPS) is 30.6. The van der Waals surface area contributed by atoms with Gasteiger partial charge in [-0.25, -0.2) is 0 Å². The van der Waals surface area contributed by atoms with E-state index in [4.69, 9.17) is 4.74 Å². The first-order valence-corrected chi connectivity index (χ1v) is 7.73. The molecule has 0 amide bonds. The first-order chi connectivity index (χ1) is 8.33. The average molecular weight is 262 g/mol. The van der Waals surface area contributed by atoms with Crippen LogP contribution >= 0.6 is 11.8 Å². The smallest absolute Gasteiger partial charge is 0.132 e. The van der Waals surface area contributed by atoms with Crippen LogP contribution in [0.4, 0.5) is 0 Å². The highest BCUT2D eigenvalue weighted by Gasteiger charge is 2.66. The molecule has 98 valence electrons. The van der Waals surface area contributed by atoms with Crippen molar-refractivity contribution in [3.63, 3.8) is 0 Å². The Labute approximate surface area is 114 Å². The minimum atomic E-state index is -0.122. The molecular formula is C16H22OS. The van der Waals surface area contributed by atoms with Gasteiger partial charge in [-0.15, -0.1) is 11.8 Å². The molecule has 0 radical (unpaired) electrons. The third-order valence-corrected chi connectivity index (χ3v) is 6.97. The summed E-state index contributed by atoms with van der Waals surface area (Å²) in [4.78, 5) is -0.122. The fraction of sp³-hybridized carbons (Fsp3) is 0.625. The minimum Gasteiger partial charge on any atom is -0.359 e. The molecule has 0 bridgehead atoms. The molecule has 1 aliphatic heterocycles. The Hall–Kier alpha value is -0.470. The zero-order chi connectivity index (χ0) is 13.2. The fourth-order valence-corrected chi connectivity index (χ4v) is 5.66. The Bertz CT molecular complexity index is 455. The SMILES string of the molecule is C[C@H]1CSC2(O1)C(C)(C)c1ccccc1C2(C)C. The van der Waals surface area contributed by atoms with E-state index in [-0.39, 0.29) is 15.8 Å². The summed E-state index contributed by atoms with van der Waals surface area (Å²) in [6, 6.07) is 8.86. The van der Waals surface area contributed by atoms with E-state index in [9.17, 15) is 0 Å². The lowest BCUT2D eigenvalue weighted by Gasteiger charge is -2.45. The molecule has 1 atom stereocenters. The van der Waals surface area contributed by atoms with Crippen LogP contribution in [-0.4, -0.2) is 16.8 Å². The lowest BCUT2D eigenvalue weighted by molar-refractivity contribution is -0.0683. The quantitative estimate of drug-likeness (QED) is 0.696. The van der Waals surface area contributed by atoms with Gasteiger partial charge in [-0.05, 0) is 18.1 Å². The van der Waals surface area contributed by atoms with Crippen molar-refractivity contribution in [1.82, 2.24) is 0 Å². The maximum absolute atomic E-state index is 6.49. The Morgan fingerprint density at radius 1 is 1.06 bits per heavy atom. The van der Waals surface area contributed by atoms with E-state index in [2.05, 4.69) is 58.9 Å². The van der Waals surface area contributed by atoms with Gasteiger partial charge in [0, 0.05) is 16.6 Å². The van der Waals surface area contributed by atoms with Gasteiger partial charge in [0.15, 0.2) is 0 Å². The van der Waals surface area contributed by atoms with Crippen LogP contribution in [0.1, 0.15) is 45.7 Å². The van der Waals surface area contributed by atoms with E-state index in [0.29, 0.717) is 6.10 Å². The highest BCUT2D eigenvalue weighted by molar-refractivity contribution is 8.00. The number of thioether (sulfide) groups is 1. The highest BCUT2D eigenvalue weighted by atomic mass is 32.2. The molecule has 1 nitrogen and oxygen atoms in total. The van der Waals surface area contributed by atoms with E-state index in [1.165, 1.54) is 11.1 Å². The molecule has 1 heterocycles. The third-order valence-electron chi connectivity index (χ3n) is 4.81. The van der Waals surface area contributed by atoms with Gasteiger partial charge in [0.05, 0.1) is 6.10 Å². The molecule has 1 aromatic carbocycles. The Morgan fingerprint density at radius 2 is 1.56 bits per heavy atom. The standard InChI is InChI=1S/C16H22OS/c1-11-10-18-16(17-11)14(2,3)12-8-6-7-9-13(12)15(16,4)5/h6-9,11H,10H2,1-5H3/t11-/m0/s1. The molecule has 1 spiro atoms. The fourth-order valence-electron chi connectivity index (χ4n) is 3.95. The van der Waals surface area contributed by atoms with Crippen molar-refractivity contribution in [3.05, 3.63) is 35.4 Å². The maximum atomic E-state index is 6.49. The van der Waals surface area contributed by atoms with Gasteiger partial charge in [-0.1, -0.05) is 52.0 Å². The van der Waals surface area contributed by atoms with Crippen molar-refractivity contribution in [1.29, 1.82) is 0 Å². The van der Waals surface area contributed by atoms with Gasteiger partial charge in [0.25, 0.3) is 0 Å². The molecule has 1 aromatic rings. The summed E-state index contributed by atoms with van der Waals surface area (Å²) in [5, 5.41) is 0. The molecule has 2 aliphatic rings. The van der Waals surface area contributed by atoms with Crippen LogP contribution in [0, 0.1) is 0 Å². The summed E-state index contributed by atoms with van der Waals surface area (Å²) in [6.07, 6.45) is 0.350. The maximum Gasteiger partial charge on any atom is 0.132 e. The van der Waals surface area contributed by atoms with E-state index in [0.717, 1.165) is 5.75 Å². The van der Waals surface area contributed by atoms with Crippen molar-refractivity contribution >= 4 is 11.8 Å². The topological polar surface area (TPSA) is 9.23 Å². The van der Waals surface area contributed by atoms with Crippen LogP contribution in [0.25, 0.3) is 0 Å². The van der Waals surface area contributed by atoms with Crippen molar-refractivity contribution in [2.75, 3.05) is 5.75 Å². The van der Waals surface area contributed by atoms with E-state index in [1.54, 1.807) is 0 Å². The summed E-state index contributed by atoms with van der Waals surface area (Å²) in [5.41, 5.74) is 3.03. The minimum absolute atomic E-state index is 0.0581. The van der Waals surface area contributed by atoms with Crippen LogP contribution in [0.5, 0.6) is 0 Å². The number of benzene rings is 1. The molecule has 0 saturated carbocycles. The Balaban J connectivity index is 2.25. The largest absolute Gasteiger partial charge is 0.359 e. The van der Waals surface area contributed by atoms with E-state index in [1.807, 2.05) is 11.8 Å². The van der Waals surface area contributed by atoms with E-state index >= 15 is 0 Å². The number of hydrogen-bond acceptors (Lipinski definition) is 2. The second kappa shape index (κ2) is 3.55. The summed E-state index contributed by atoms with van der Waals surface area (Å²) >= 11 is 2.01. The molecule has 3 rings (SSSR count). The van der Waals surface area contributed by atoms with Crippen molar-refractivity contribution in [2.24, 2.45) is 0 Å². The molecule has 1 saturated heterocycles. The number of fused-ring (bicyclic) bond motifs is 1. The second-order valence-electron chi connectivity index (χ2n) is 6.65. The molecule has 2 heteroatoms. The van der Waals surface area contributed by atoms with Crippen LogP contribution in [0.15, 0.2) is 24.3 Å². The number of rotatable bonds is 0. The van der Waals surface area contributed by atoms with Crippen LogP contribution in [0.3, 0.4) is 0 Å². The monoisotopic (exact) mass is 262 g/mol. The lowest BCUT2D eigenvalue weighted by Crippen LogP contribution is -2.51. The third kappa shape index (κ3) is 1.23. The van der Waals surface area contributed by atoms with Crippen LogP contribution in [-0.2, 0) is 15.6 Å². The summed E-state index contributed by atoms with van der Waals surface area (Å²) < 4.78 is 6.49. The molecule has 1 fully saturated rings. The lowest BCUT2D eigenvalue weighted by atomic mass is 9.77. The van der Waals surface area contributed by atoms with Gasteiger partial charge in [-0.3, -0.25) is 0 Å². The average Bonchev–Trinajstić information content (AvgIpc) is 2.77. The zero-order valence-electron chi connectivity index (χ0n) is 11.9. The predicted molar refractivity (Wildman–Crippen MR) is 78.2 cm³/mol. The number of hydrogen-bond donors (Lipinski definition) is 0. The van der Waals surface area contributed by atoms with Crippen molar-refractivity contribution in [2.45, 2.75) is 56.5 Å². The van der Waals surface area contributed by atoms with Gasteiger partial charge < -0.3 is 4.74 Å². The van der Waals surface area contributed by atoms with E-state index < -0.39 is 0 Å². The van der Waals surface area contributed by atoms with Gasteiger partial charge in [0.2, 0.25) is 0 Å². The molecular weight excluding hydrogens is 240 g/mol. The van der Waals surface area contributed by atoms with Crippen molar-refractivity contribution in [3.8, 4) is 0 Å². The van der Waals surface area contributed by atoms with Gasteiger partial charge in [0.1, 0.15) is 4.93 Å². The second-order valence-corrected chi connectivity index (χ2v) is 7.85. The number of ether oxygens (including phenoxy) is 1. The predicted octanol–water partition coefficient (Wildman–Crippen LogP) is 4.10. The molecule has 18 heavy (non-hydrogen) atoms. The molecule has 0 unspecified atom stereocenters. The van der Waals surface area contributed by atoms with Crippen LogP contribution < -0.4 is 0 Å². The first-order valence-electron chi connectivity index (χ1n) is 6.75. The molecule has 0 N–H and O–H groups in total. The summed E-state index contributed by atoms with van der Waals surface area (Å²) in [5.74, 6) is 1.10. The highest BCUT2D eigenvalue weighted by Crippen LogP contribution is 2.65. The Kier molecular flexibility index (Phi) is 2.47. The summed E-state index contributed by atoms with van der Waals surface area (Å²) in [7, 11) is 0. The zero-order valence-corrected chi connectivity index (χ0v) is 12.7. The van der Waals surface area contributed by atoms with Crippen LogP contribution in [0.2, 0.25) is 0 Å². The molecule has 0 aromatic heterocycles. The first kappa shape index (κ1) is 12.6. The van der Waals surface area contributed by atoms with Crippen molar-refractivity contribution < 1.29 is 4.74 Å². The van der Waals surface area contributed by atoms with Gasteiger partial charge in [-0.2, -0.15) is 0 Å².